The summed E-state index contributed by atoms with van der Waals surface area (Å²) in [6.45, 7) is 0.185. The zero-order valence-corrected chi connectivity index (χ0v) is 15.7. The number of carbonyl (C=O) groups is 2. The highest BCUT2D eigenvalue weighted by Crippen LogP contribution is 2.19. The van der Waals surface area contributed by atoms with Gasteiger partial charge in [-0.25, -0.2) is 0 Å². The van der Waals surface area contributed by atoms with Crippen LogP contribution in [-0.4, -0.2) is 23.0 Å². The molecule has 27 heavy (non-hydrogen) atoms. The maximum Gasteiger partial charge on any atom is 0.283 e. The fraction of sp³-hybridized carbons (Fsp3) is 0.105. The van der Waals surface area contributed by atoms with Crippen molar-refractivity contribution in [3.05, 3.63) is 81.1 Å². The van der Waals surface area contributed by atoms with Gasteiger partial charge in [0.05, 0.1) is 12.1 Å². The largest absolute Gasteiger partial charge is 0.483 e. The van der Waals surface area contributed by atoms with Gasteiger partial charge < -0.3 is 15.0 Å². The van der Waals surface area contributed by atoms with Gasteiger partial charge in [-0.05, 0) is 23.8 Å². The normalized spacial score (nSPS) is 11.4. The summed E-state index contributed by atoms with van der Waals surface area (Å²) in [7, 11) is 0. The van der Waals surface area contributed by atoms with E-state index in [0.29, 0.717) is 16.4 Å². The highest BCUT2D eigenvalue weighted by molar-refractivity contribution is 7.07. The maximum absolute atomic E-state index is 12.7. The minimum atomic E-state index is -0.620. The van der Waals surface area contributed by atoms with E-state index in [0.717, 1.165) is 5.56 Å². The van der Waals surface area contributed by atoms with E-state index < -0.39 is 11.8 Å². The molecule has 0 aliphatic rings. The minimum absolute atomic E-state index is 0.261. The SMILES string of the molecule is NC(=O)COc1ccccc1C(=O)N=c1sccn1Cc1ccccc1Cl. The van der Waals surface area contributed by atoms with Crippen molar-refractivity contribution in [3.63, 3.8) is 0 Å². The van der Waals surface area contributed by atoms with Crippen molar-refractivity contribution < 1.29 is 14.3 Å². The van der Waals surface area contributed by atoms with Crippen LogP contribution in [0.4, 0.5) is 0 Å². The summed E-state index contributed by atoms with van der Waals surface area (Å²) in [4.78, 5) is 28.3. The van der Waals surface area contributed by atoms with Gasteiger partial charge in [0.2, 0.25) is 0 Å². The highest BCUT2D eigenvalue weighted by Gasteiger charge is 2.13. The third-order valence-corrected chi connectivity index (χ3v) is 4.81. The Morgan fingerprint density at radius 3 is 2.67 bits per heavy atom. The van der Waals surface area contributed by atoms with E-state index in [9.17, 15) is 9.59 Å². The van der Waals surface area contributed by atoms with E-state index in [-0.39, 0.29) is 17.9 Å². The molecule has 0 saturated heterocycles. The Kier molecular flexibility index (Phi) is 6.05. The summed E-state index contributed by atoms with van der Waals surface area (Å²) in [5.41, 5.74) is 6.28. The smallest absolute Gasteiger partial charge is 0.283 e. The van der Waals surface area contributed by atoms with Crippen LogP contribution in [0.3, 0.4) is 0 Å². The number of hydrogen-bond donors (Lipinski definition) is 1. The number of para-hydroxylation sites is 1. The lowest BCUT2D eigenvalue weighted by Crippen LogP contribution is -2.21. The highest BCUT2D eigenvalue weighted by atomic mass is 35.5. The molecule has 1 heterocycles. The molecule has 0 spiro atoms. The molecule has 0 fully saturated rings. The summed E-state index contributed by atoms with van der Waals surface area (Å²) in [6, 6.07) is 14.1. The Bertz CT molecular complexity index is 1040. The Morgan fingerprint density at radius 2 is 1.89 bits per heavy atom. The van der Waals surface area contributed by atoms with Crippen LogP contribution in [0.15, 0.2) is 65.1 Å². The number of carbonyl (C=O) groups excluding carboxylic acids is 2. The second-order valence-corrected chi connectivity index (χ2v) is 6.85. The van der Waals surface area contributed by atoms with E-state index in [2.05, 4.69) is 4.99 Å². The van der Waals surface area contributed by atoms with E-state index in [1.807, 2.05) is 40.4 Å². The Labute approximate surface area is 164 Å². The standard InChI is InChI=1S/C19H16ClN3O3S/c20-15-7-3-1-5-13(15)11-23-9-10-27-19(23)22-18(25)14-6-2-4-8-16(14)26-12-17(21)24/h1-10H,11-12H2,(H2,21,24). The molecule has 0 bridgehead atoms. The molecular weight excluding hydrogens is 386 g/mol. The topological polar surface area (TPSA) is 86.7 Å². The van der Waals surface area contributed by atoms with Crippen molar-refractivity contribution in [2.75, 3.05) is 6.61 Å². The van der Waals surface area contributed by atoms with Gasteiger partial charge in [0.25, 0.3) is 11.8 Å². The number of amides is 2. The summed E-state index contributed by atoms with van der Waals surface area (Å²) in [5.74, 6) is -0.824. The molecule has 3 rings (SSSR count). The van der Waals surface area contributed by atoms with Crippen molar-refractivity contribution in [2.24, 2.45) is 10.7 Å². The van der Waals surface area contributed by atoms with E-state index in [4.69, 9.17) is 22.1 Å². The Balaban J connectivity index is 1.88. The third kappa shape index (κ3) is 4.84. The van der Waals surface area contributed by atoms with E-state index >= 15 is 0 Å². The molecule has 0 radical (unpaired) electrons. The molecule has 2 N–H and O–H groups in total. The zero-order chi connectivity index (χ0) is 19.2. The van der Waals surface area contributed by atoms with Gasteiger partial charge in [0.15, 0.2) is 11.4 Å². The summed E-state index contributed by atoms with van der Waals surface area (Å²) >= 11 is 7.55. The first-order valence-corrected chi connectivity index (χ1v) is 9.27. The van der Waals surface area contributed by atoms with Crippen molar-refractivity contribution in [1.29, 1.82) is 0 Å². The third-order valence-electron chi connectivity index (χ3n) is 3.64. The molecule has 0 atom stereocenters. The van der Waals surface area contributed by atoms with Crippen LogP contribution in [0.25, 0.3) is 0 Å². The summed E-state index contributed by atoms with van der Waals surface area (Å²) < 4.78 is 7.15. The number of benzene rings is 2. The maximum atomic E-state index is 12.7. The van der Waals surface area contributed by atoms with Gasteiger partial charge in [-0.1, -0.05) is 41.9 Å². The number of hydrogen-bond acceptors (Lipinski definition) is 4. The van der Waals surface area contributed by atoms with Crippen LogP contribution in [0.1, 0.15) is 15.9 Å². The number of aromatic nitrogens is 1. The van der Waals surface area contributed by atoms with Crippen LogP contribution < -0.4 is 15.3 Å². The molecule has 0 saturated carbocycles. The molecule has 138 valence electrons. The molecule has 3 aromatic rings. The number of ether oxygens (including phenoxy) is 1. The molecule has 6 nitrogen and oxygen atoms in total. The molecule has 8 heteroatoms. The van der Waals surface area contributed by atoms with Crippen LogP contribution in [-0.2, 0) is 11.3 Å². The van der Waals surface area contributed by atoms with Crippen molar-refractivity contribution in [1.82, 2.24) is 4.57 Å². The fourth-order valence-corrected chi connectivity index (χ4v) is 3.30. The average Bonchev–Trinajstić information content (AvgIpc) is 3.08. The first-order valence-electron chi connectivity index (χ1n) is 8.01. The molecule has 2 amide bonds. The average molecular weight is 402 g/mol. The van der Waals surface area contributed by atoms with Crippen LogP contribution in [0.5, 0.6) is 5.75 Å². The van der Waals surface area contributed by atoms with Crippen LogP contribution in [0.2, 0.25) is 5.02 Å². The Morgan fingerprint density at radius 1 is 1.15 bits per heavy atom. The number of thiazole rings is 1. The lowest BCUT2D eigenvalue weighted by atomic mass is 10.2. The van der Waals surface area contributed by atoms with Crippen molar-refractivity contribution >= 4 is 34.8 Å². The van der Waals surface area contributed by atoms with Gasteiger partial charge in [-0.3, -0.25) is 9.59 Å². The first-order chi connectivity index (χ1) is 13.0. The number of nitrogens with zero attached hydrogens (tertiary/aromatic N) is 2. The number of primary amides is 1. The second-order valence-electron chi connectivity index (χ2n) is 5.57. The van der Waals surface area contributed by atoms with Crippen molar-refractivity contribution in [3.8, 4) is 5.75 Å². The molecule has 0 unspecified atom stereocenters. The molecule has 2 aromatic carbocycles. The molecule has 0 aliphatic carbocycles. The molecular formula is C19H16ClN3O3S. The lowest BCUT2D eigenvalue weighted by molar-refractivity contribution is -0.119. The number of rotatable bonds is 6. The monoisotopic (exact) mass is 401 g/mol. The molecule has 0 aliphatic heterocycles. The van der Waals surface area contributed by atoms with Crippen molar-refractivity contribution in [2.45, 2.75) is 6.54 Å². The van der Waals surface area contributed by atoms with Gasteiger partial charge in [0, 0.05) is 16.6 Å². The van der Waals surface area contributed by atoms with Gasteiger partial charge in [-0.2, -0.15) is 4.99 Å². The fourth-order valence-electron chi connectivity index (χ4n) is 2.38. The molecule has 1 aromatic heterocycles. The van der Waals surface area contributed by atoms with Crippen LogP contribution in [0, 0.1) is 0 Å². The lowest BCUT2D eigenvalue weighted by Gasteiger charge is -2.08. The zero-order valence-electron chi connectivity index (χ0n) is 14.2. The number of nitrogens with two attached hydrogens (primary N) is 1. The predicted octanol–water partition coefficient (Wildman–Crippen LogP) is 2.86. The van der Waals surface area contributed by atoms with Crippen LogP contribution >= 0.6 is 22.9 Å². The quantitative estimate of drug-likeness (QED) is 0.689. The van der Waals surface area contributed by atoms with Gasteiger partial charge in [-0.15, -0.1) is 11.3 Å². The summed E-state index contributed by atoms with van der Waals surface area (Å²) in [5, 5.41) is 2.50. The van der Waals surface area contributed by atoms with Gasteiger partial charge in [0.1, 0.15) is 5.75 Å². The van der Waals surface area contributed by atoms with E-state index in [1.54, 1.807) is 24.3 Å². The Hall–Kier alpha value is -2.90. The van der Waals surface area contributed by atoms with E-state index in [1.165, 1.54) is 11.3 Å². The number of halogens is 1. The summed E-state index contributed by atoms with van der Waals surface area (Å²) in [6.07, 6.45) is 1.84. The second kappa shape index (κ2) is 8.66. The predicted molar refractivity (Wildman–Crippen MR) is 104 cm³/mol. The first kappa shape index (κ1) is 18.9. The minimum Gasteiger partial charge on any atom is -0.483 e. The van der Waals surface area contributed by atoms with Gasteiger partial charge >= 0.3 is 0 Å².